The lowest BCUT2D eigenvalue weighted by Gasteiger charge is -2.09. The van der Waals surface area contributed by atoms with Gasteiger partial charge in [-0.1, -0.05) is 72.8 Å². The molecular formula is C25H27NO3. The predicted octanol–water partition coefficient (Wildman–Crippen LogP) is 4.38. The lowest BCUT2D eigenvalue weighted by molar-refractivity contribution is -0.144. The monoisotopic (exact) mass is 389 g/mol. The summed E-state index contributed by atoms with van der Waals surface area (Å²) in [5, 5.41) is 3.20. The number of carbonyl (C=O) groups excluding carboxylic acids is 1. The summed E-state index contributed by atoms with van der Waals surface area (Å²) < 4.78 is 11.0. The van der Waals surface area contributed by atoms with Crippen molar-refractivity contribution in [1.82, 2.24) is 5.32 Å². The molecule has 1 N–H and O–H groups in total. The molecule has 4 nitrogen and oxygen atoms in total. The van der Waals surface area contributed by atoms with E-state index in [1.807, 2.05) is 48.5 Å². The summed E-state index contributed by atoms with van der Waals surface area (Å²) in [7, 11) is 0. The molecule has 0 heterocycles. The predicted molar refractivity (Wildman–Crippen MR) is 115 cm³/mol. The van der Waals surface area contributed by atoms with Gasteiger partial charge in [-0.15, -0.1) is 0 Å². The molecule has 150 valence electrons. The normalized spacial score (nSPS) is 10.5. The summed E-state index contributed by atoms with van der Waals surface area (Å²) in [5.74, 6) is 0.655. The molecule has 0 radical (unpaired) electrons. The molecule has 3 rings (SSSR count). The van der Waals surface area contributed by atoms with Crippen LogP contribution in [0.5, 0.6) is 5.75 Å². The maximum Gasteiger partial charge on any atom is 0.307 e. The number of benzene rings is 3. The van der Waals surface area contributed by atoms with E-state index in [2.05, 4.69) is 41.7 Å². The van der Waals surface area contributed by atoms with Crippen molar-refractivity contribution in [3.8, 4) is 5.75 Å². The Morgan fingerprint density at radius 3 is 2.03 bits per heavy atom. The third-order valence-corrected chi connectivity index (χ3v) is 4.47. The average molecular weight is 389 g/mol. The molecule has 3 aromatic rings. The number of nitrogens with one attached hydrogen (secondary N) is 1. The molecule has 0 aliphatic carbocycles. The van der Waals surface area contributed by atoms with Crippen molar-refractivity contribution < 1.29 is 14.3 Å². The minimum atomic E-state index is -0.198. The Hall–Kier alpha value is -3.11. The summed E-state index contributed by atoms with van der Waals surface area (Å²) >= 11 is 0. The summed E-state index contributed by atoms with van der Waals surface area (Å²) in [6.45, 7) is 2.13. The van der Waals surface area contributed by atoms with Gasteiger partial charge in [0.1, 0.15) is 19.0 Å². The van der Waals surface area contributed by atoms with Crippen LogP contribution in [0.4, 0.5) is 0 Å². The lowest BCUT2D eigenvalue weighted by atomic mass is 10.1. The van der Waals surface area contributed by atoms with E-state index >= 15 is 0 Å². The highest BCUT2D eigenvalue weighted by atomic mass is 16.5. The Morgan fingerprint density at radius 1 is 0.724 bits per heavy atom. The van der Waals surface area contributed by atoms with Crippen molar-refractivity contribution in [3.63, 3.8) is 0 Å². The van der Waals surface area contributed by atoms with Crippen molar-refractivity contribution in [1.29, 1.82) is 0 Å². The second-order valence-electron chi connectivity index (χ2n) is 6.80. The zero-order chi connectivity index (χ0) is 20.2. The molecule has 0 aliphatic heterocycles. The van der Waals surface area contributed by atoms with Crippen molar-refractivity contribution in [2.24, 2.45) is 0 Å². The number of hydrogen-bond acceptors (Lipinski definition) is 4. The van der Waals surface area contributed by atoms with Gasteiger partial charge < -0.3 is 14.8 Å². The molecule has 0 saturated heterocycles. The quantitative estimate of drug-likeness (QED) is 0.391. The van der Waals surface area contributed by atoms with Gasteiger partial charge in [-0.05, 0) is 35.2 Å². The maximum absolute atomic E-state index is 11.7. The van der Waals surface area contributed by atoms with Gasteiger partial charge in [0.15, 0.2) is 0 Å². The van der Waals surface area contributed by atoms with Gasteiger partial charge in [-0.25, -0.2) is 0 Å². The van der Waals surface area contributed by atoms with E-state index < -0.39 is 0 Å². The highest BCUT2D eigenvalue weighted by Crippen LogP contribution is 2.15. The van der Waals surface area contributed by atoms with Gasteiger partial charge in [0.05, 0.1) is 6.42 Å². The van der Waals surface area contributed by atoms with Gasteiger partial charge in [0.25, 0.3) is 0 Å². The van der Waals surface area contributed by atoms with E-state index in [0.29, 0.717) is 32.7 Å². The second kappa shape index (κ2) is 11.7. The van der Waals surface area contributed by atoms with Crippen molar-refractivity contribution in [2.45, 2.75) is 19.4 Å². The first-order chi connectivity index (χ1) is 14.3. The molecule has 0 aliphatic rings. The van der Waals surface area contributed by atoms with Gasteiger partial charge in [-0.3, -0.25) is 4.79 Å². The van der Waals surface area contributed by atoms with E-state index in [1.54, 1.807) is 0 Å². The Bertz CT molecular complexity index is 848. The van der Waals surface area contributed by atoms with Crippen LogP contribution in [0, 0.1) is 0 Å². The molecule has 4 heteroatoms. The standard InChI is InChI=1S/C25H27NO3/c27-25(29-20-23-9-5-2-6-10-23)15-16-26-17-18-28-24-13-11-22(12-14-24)19-21-7-3-1-4-8-21/h1-14,26H,15-20H2. The molecule has 0 atom stereocenters. The number of hydrogen-bond donors (Lipinski definition) is 1. The van der Waals surface area contributed by atoms with Crippen LogP contribution in [-0.2, 0) is 22.6 Å². The van der Waals surface area contributed by atoms with Crippen LogP contribution in [0.15, 0.2) is 84.9 Å². The molecule has 3 aromatic carbocycles. The summed E-state index contributed by atoms with van der Waals surface area (Å²) in [4.78, 5) is 11.7. The Balaban J connectivity index is 1.25. The summed E-state index contributed by atoms with van der Waals surface area (Å²) in [6, 6.07) is 28.3. The minimum Gasteiger partial charge on any atom is -0.492 e. The molecule has 0 bridgehead atoms. The van der Waals surface area contributed by atoms with Crippen LogP contribution in [0.25, 0.3) is 0 Å². The Morgan fingerprint density at radius 2 is 1.34 bits per heavy atom. The second-order valence-corrected chi connectivity index (χ2v) is 6.80. The molecule has 0 aromatic heterocycles. The van der Waals surface area contributed by atoms with Crippen molar-refractivity contribution in [3.05, 3.63) is 102 Å². The lowest BCUT2D eigenvalue weighted by Crippen LogP contribution is -2.24. The molecule has 0 unspecified atom stereocenters. The molecule has 0 spiro atoms. The highest BCUT2D eigenvalue weighted by molar-refractivity contribution is 5.69. The fraction of sp³-hybridized carbons (Fsp3) is 0.240. The molecular weight excluding hydrogens is 362 g/mol. The van der Waals surface area contributed by atoms with E-state index in [1.165, 1.54) is 11.1 Å². The molecule has 0 saturated carbocycles. The van der Waals surface area contributed by atoms with Crippen LogP contribution in [-0.4, -0.2) is 25.7 Å². The van der Waals surface area contributed by atoms with Gasteiger partial charge in [0, 0.05) is 13.1 Å². The van der Waals surface area contributed by atoms with Crippen molar-refractivity contribution in [2.75, 3.05) is 19.7 Å². The van der Waals surface area contributed by atoms with E-state index in [9.17, 15) is 4.79 Å². The largest absolute Gasteiger partial charge is 0.492 e. The third-order valence-electron chi connectivity index (χ3n) is 4.47. The fourth-order valence-electron chi connectivity index (χ4n) is 2.90. The first-order valence-electron chi connectivity index (χ1n) is 9.95. The SMILES string of the molecule is O=C(CCNCCOc1ccc(Cc2ccccc2)cc1)OCc1ccccc1. The average Bonchev–Trinajstić information content (AvgIpc) is 2.77. The highest BCUT2D eigenvalue weighted by Gasteiger charge is 2.03. The van der Waals surface area contributed by atoms with Gasteiger partial charge in [0.2, 0.25) is 0 Å². The van der Waals surface area contributed by atoms with Gasteiger partial charge in [-0.2, -0.15) is 0 Å². The van der Waals surface area contributed by atoms with Crippen LogP contribution in [0.3, 0.4) is 0 Å². The van der Waals surface area contributed by atoms with Crippen LogP contribution >= 0.6 is 0 Å². The molecule has 0 fully saturated rings. The van der Waals surface area contributed by atoms with E-state index in [-0.39, 0.29) is 5.97 Å². The summed E-state index contributed by atoms with van der Waals surface area (Å²) in [5.41, 5.74) is 3.56. The topological polar surface area (TPSA) is 47.6 Å². The third kappa shape index (κ3) is 7.80. The van der Waals surface area contributed by atoms with E-state index in [4.69, 9.17) is 9.47 Å². The number of rotatable bonds is 11. The van der Waals surface area contributed by atoms with Crippen LogP contribution in [0.2, 0.25) is 0 Å². The first kappa shape index (κ1) is 20.6. The summed E-state index contributed by atoms with van der Waals surface area (Å²) in [6.07, 6.45) is 1.27. The fourth-order valence-corrected chi connectivity index (χ4v) is 2.90. The Labute approximate surface area is 172 Å². The van der Waals surface area contributed by atoms with Crippen LogP contribution in [0.1, 0.15) is 23.1 Å². The Kier molecular flexibility index (Phi) is 8.30. The minimum absolute atomic E-state index is 0.198. The number of carbonyl (C=O) groups is 1. The number of esters is 1. The van der Waals surface area contributed by atoms with Crippen molar-refractivity contribution >= 4 is 5.97 Å². The molecule has 0 amide bonds. The van der Waals surface area contributed by atoms with Gasteiger partial charge >= 0.3 is 5.97 Å². The molecule has 29 heavy (non-hydrogen) atoms. The number of ether oxygens (including phenoxy) is 2. The van der Waals surface area contributed by atoms with E-state index in [0.717, 1.165) is 17.7 Å². The zero-order valence-electron chi connectivity index (χ0n) is 16.6. The van der Waals surface area contributed by atoms with Crippen LogP contribution < -0.4 is 10.1 Å². The maximum atomic E-state index is 11.7. The first-order valence-corrected chi connectivity index (χ1v) is 9.95. The smallest absolute Gasteiger partial charge is 0.307 e. The zero-order valence-corrected chi connectivity index (χ0v) is 16.6.